The minimum atomic E-state index is -2.37. The predicted octanol–water partition coefficient (Wildman–Crippen LogP) is 3.32. The second-order valence-corrected chi connectivity index (χ2v) is 6.00. The van der Waals surface area contributed by atoms with Crippen LogP contribution in [0.2, 0.25) is 0 Å². The lowest BCUT2D eigenvalue weighted by molar-refractivity contribution is 0.407. The van der Waals surface area contributed by atoms with Gasteiger partial charge in [-0.3, -0.25) is 0 Å². The monoisotopic (exact) mass is 416 g/mol. The molecule has 3 aromatic carbocycles. The molecule has 10 heteroatoms. The Morgan fingerprint density at radius 1 is 0.517 bits per heavy atom. The zero-order valence-electron chi connectivity index (χ0n) is 14.5. The number of rotatable bonds is 4. The first-order valence-corrected chi connectivity index (χ1v) is 7.95. The van der Waals surface area contributed by atoms with E-state index in [-0.39, 0.29) is 30.0 Å². The zero-order valence-corrected chi connectivity index (χ0v) is 14.5. The van der Waals surface area contributed by atoms with Gasteiger partial charge in [0.05, 0.1) is 7.11 Å². The normalized spacial score (nSPS) is 10.9. The van der Waals surface area contributed by atoms with E-state index in [1.807, 2.05) is 0 Å². The predicted molar refractivity (Wildman–Crippen MR) is 90.2 cm³/mol. The summed E-state index contributed by atoms with van der Waals surface area (Å²) < 4.78 is 118. The number of hydrogen-bond donors (Lipinski definition) is 0. The molecule has 0 unspecified atom stereocenters. The quantitative estimate of drug-likeness (QED) is 0.469. The smallest absolute Gasteiger partial charge is 0.264 e. The third-order valence-corrected chi connectivity index (χ3v) is 4.24. The molecule has 0 radical (unpaired) electrons. The third kappa shape index (κ3) is 3.79. The summed E-state index contributed by atoms with van der Waals surface area (Å²) >= 11 is 0. The molecule has 0 saturated carbocycles. The lowest BCUT2D eigenvalue weighted by atomic mass is 9.36. The number of hydrogen-bond acceptors (Lipinski definition) is 1. The van der Waals surface area contributed by atoms with Crippen molar-refractivity contribution in [3.8, 4) is 5.75 Å². The molecule has 0 amide bonds. The lowest BCUT2D eigenvalue weighted by Crippen LogP contribution is -2.59. The van der Waals surface area contributed by atoms with Gasteiger partial charge in [0.1, 0.15) is 52.3 Å². The molecule has 1 nitrogen and oxygen atoms in total. The van der Waals surface area contributed by atoms with E-state index in [1.165, 1.54) is 0 Å². The summed E-state index contributed by atoms with van der Waals surface area (Å²) in [5.74, 6) is -12.5. The summed E-state index contributed by atoms with van der Waals surface area (Å²) in [7, 11) is 1.09. The molecule has 3 aromatic rings. The number of halogens is 8. The summed E-state index contributed by atoms with van der Waals surface area (Å²) in [5.41, 5.74) is -3.59. The SMILES string of the molecule is COc1cc(F)c(B(c2c(F)cc(F)cc2F)c2c(F)cc(F)cc2F)c(F)c1. The number of benzene rings is 3. The zero-order chi connectivity index (χ0) is 21.5. The van der Waals surface area contributed by atoms with Gasteiger partial charge in [0.25, 0.3) is 6.71 Å². The van der Waals surface area contributed by atoms with Gasteiger partial charge in [-0.1, -0.05) is 0 Å². The first-order chi connectivity index (χ1) is 13.6. The van der Waals surface area contributed by atoms with Gasteiger partial charge in [-0.2, -0.15) is 0 Å². The van der Waals surface area contributed by atoms with Gasteiger partial charge in [0.15, 0.2) is 0 Å². The first-order valence-electron chi connectivity index (χ1n) is 7.95. The Hall–Kier alpha value is -3.04. The molecule has 0 aliphatic rings. The third-order valence-electron chi connectivity index (χ3n) is 4.24. The Bertz CT molecular complexity index is 975. The molecule has 0 heterocycles. The van der Waals surface area contributed by atoms with E-state index in [0.29, 0.717) is 12.1 Å². The number of ether oxygens (including phenoxy) is 1. The second kappa shape index (κ2) is 7.77. The van der Waals surface area contributed by atoms with Crippen molar-refractivity contribution in [2.24, 2.45) is 0 Å². The van der Waals surface area contributed by atoms with Crippen LogP contribution in [0.1, 0.15) is 0 Å². The van der Waals surface area contributed by atoms with Crippen LogP contribution in [0.15, 0.2) is 36.4 Å². The number of methoxy groups -OCH3 is 1. The highest BCUT2D eigenvalue weighted by Gasteiger charge is 2.38. The molecule has 0 aromatic heterocycles. The van der Waals surface area contributed by atoms with Crippen molar-refractivity contribution in [2.45, 2.75) is 0 Å². The summed E-state index contributed by atoms with van der Waals surface area (Å²) in [6.07, 6.45) is 0. The van der Waals surface area contributed by atoms with Crippen molar-refractivity contribution in [2.75, 3.05) is 7.11 Å². The first kappa shape index (κ1) is 20.7. The molecular weight excluding hydrogens is 407 g/mol. The van der Waals surface area contributed by atoms with Crippen LogP contribution in [0.5, 0.6) is 5.75 Å². The average Bonchev–Trinajstić information content (AvgIpc) is 2.58. The largest absolute Gasteiger partial charge is 0.497 e. The summed E-state index contributed by atoms with van der Waals surface area (Å²) in [5, 5.41) is 0. The minimum absolute atomic E-state index is 0.185. The van der Waals surface area contributed by atoms with Crippen LogP contribution in [0, 0.1) is 46.5 Å². The standard InChI is InChI=1S/C19H9BF8O/c1-29-10-6-15(27)19(16(28)7-10)20(17-11(23)2-8(21)3-12(17)24)18-13(25)4-9(22)5-14(18)26/h2-7H,1H3. The summed E-state index contributed by atoms with van der Waals surface area (Å²) in [4.78, 5) is 0. The second-order valence-electron chi connectivity index (χ2n) is 6.00. The Morgan fingerprint density at radius 3 is 1.07 bits per heavy atom. The van der Waals surface area contributed by atoms with Crippen LogP contribution in [-0.2, 0) is 0 Å². The highest BCUT2D eigenvalue weighted by molar-refractivity contribution is 6.95. The van der Waals surface area contributed by atoms with Gasteiger partial charge in [-0.25, -0.2) is 35.1 Å². The maximum Gasteiger partial charge on any atom is 0.264 e. The van der Waals surface area contributed by atoms with Gasteiger partial charge >= 0.3 is 0 Å². The van der Waals surface area contributed by atoms with Crippen LogP contribution >= 0.6 is 0 Å². The van der Waals surface area contributed by atoms with Crippen LogP contribution in [0.4, 0.5) is 35.1 Å². The maximum atomic E-state index is 14.6. The van der Waals surface area contributed by atoms with Gasteiger partial charge < -0.3 is 4.74 Å². The van der Waals surface area contributed by atoms with Gasteiger partial charge in [-0.05, 0) is 0 Å². The fourth-order valence-electron chi connectivity index (χ4n) is 3.05. The van der Waals surface area contributed by atoms with E-state index in [9.17, 15) is 35.1 Å². The van der Waals surface area contributed by atoms with Crippen molar-refractivity contribution in [3.63, 3.8) is 0 Å². The van der Waals surface area contributed by atoms with Gasteiger partial charge in [-0.15, -0.1) is 0 Å². The van der Waals surface area contributed by atoms with E-state index in [1.54, 1.807) is 0 Å². The Morgan fingerprint density at radius 2 is 0.793 bits per heavy atom. The van der Waals surface area contributed by atoms with Gasteiger partial charge in [0.2, 0.25) is 0 Å². The van der Waals surface area contributed by atoms with E-state index < -0.39 is 69.6 Å². The van der Waals surface area contributed by atoms with E-state index in [4.69, 9.17) is 0 Å². The van der Waals surface area contributed by atoms with Crippen LogP contribution in [0.3, 0.4) is 0 Å². The molecule has 0 N–H and O–H groups in total. The fourth-order valence-corrected chi connectivity index (χ4v) is 3.05. The molecule has 0 aliphatic carbocycles. The van der Waals surface area contributed by atoms with E-state index in [2.05, 4.69) is 4.74 Å². The van der Waals surface area contributed by atoms with Crippen LogP contribution in [-0.4, -0.2) is 13.8 Å². The molecular formula is C19H9BF8O. The highest BCUT2D eigenvalue weighted by atomic mass is 19.2. The molecule has 150 valence electrons. The van der Waals surface area contributed by atoms with Crippen LogP contribution < -0.4 is 21.1 Å². The molecule has 0 aliphatic heterocycles. The summed E-state index contributed by atoms with van der Waals surface area (Å²) in [6, 6.07) is 2.00. The van der Waals surface area contributed by atoms with Crippen LogP contribution in [0.25, 0.3) is 0 Å². The molecule has 29 heavy (non-hydrogen) atoms. The summed E-state index contributed by atoms with van der Waals surface area (Å²) in [6.45, 7) is -2.37. The van der Waals surface area contributed by atoms with Crippen molar-refractivity contribution in [1.29, 1.82) is 0 Å². The highest BCUT2D eigenvalue weighted by Crippen LogP contribution is 2.17. The van der Waals surface area contributed by atoms with E-state index >= 15 is 0 Å². The molecule has 0 saturated heterocycles. The molecule has 3 rings (SSSR count). The van der Waals surface area contributed by atoms with E-state index in [0.717, 1.165) is 7.11 Å². The topological polar surface area (TPSA) is 9.23 Å². The molecule has 0 fully saturated rings. The Labute approximate surface area is 159 Å². The van der Waals surface area contributed by atoms with Crippen molar-refractivity contribution in [1.82, 2.24) is 0 Å². The molecule has 0 atom stereocenters. The minimum Gasteiger partial charge on any atom is -0.497 e. The van der Waals surface area contributed by atoms with Crippen molar-refractivity contribution >= 4 is 23.1 Å². The Kier molecular flexibility index (Phi) is 5.54. The molecule has 0 spiro atoms. The lowest BCUT2D eigenvalue weighted by Gasteiger charge is -2.20. The molecule has 0 bridgehead atoms. The van der Waals surface area contributed by atoms with Crippen molar-refractivity contribution in [3.05, 3.63) is 82.9 Å². The van der Waals surface area contributed by atoms with Crippen molar-refractivity contribution < 1.29 is 39.9 Å². The Balaban J connectivity index is 2.43. The van der Waals surface area contributed by atoms with Gasteiger partial charge in [0, 0.05) is 52.8 Å². The fraction of sp³-hybridized carbons (Fsp3) is 0.0526. The maximum absolute atomic E-state index is 14.6. The average molecular weight is 416 g/mol.